The lowest BCUT2D eigenvalue weighted by Crippen LogP contribution is -2.15. The van der Waals surface area contributed by atoms with E-state index in [0.29, 0.717) is 5.82 Å². The van der Waals surface area contributed by atoms with E-state index in [2.05, 4.69) is 10.1 Å². The summed E-state index contributed by atoms with van der Waals surface area (Å²) in [6, 6.07) is 0.129. The van der Waals surface area contributed by atoms with Crippen LogP contribution in [-0.2, 0) is 21.3 Å². The van der Waals surface area contributed by atoms with Crippen LogP contribution in [0.4, 0.5) is 0 Å². The predicted octanol–water partition coefficient (Wildman–Crippen LogP) is 0.192. The summed E-state index contributed by atoms with van der Waals surface area (Å²) in [6.45, 7) is 3.86. The molecule has 84 valence electrons. The van der Waals surface area contributed by atoms with Gasteiger partial charge in [0.15, 0.2) is 0 Å². The quantitative estimate of drug-likeness (QED) is 0.782. The molecule has 0 aliphatic rings. The van der Waals surface area contributed by atoms with Gasteiger partial charge in [0.05, 0.1) is 5.75 Å². The zero-order valence-corrected chi connectivity index (χ0v) is 9.40. The molecule has 0 aromatic carbocycles. The minimum Gasteiger partial charge on any atom is -0.481 e. The second kappa shape index (κ2) is 5.01. The highest BCUT2D eigenvalue weighted by Crippen LogP contribution is 2.07. The topological polar surface area (TPSA) is 85.1 Å². The summed E-state index contributed by atoms with van der Waals surface area (Å²) in [7, 11) is -1.43. The van der Waals surface area contributed by atoms with Crippen LogP contribution >= 0.6 is 0 Å². The van der Waals surface area contributed by atoms with Gasteiger partial charge in [-0.1, -0.05) is 0 Å². The first-order valence-electron chi connectivity index (χ1n) is 4.46. The van der Waals surface area contributed by atoms with Crippen molar-refractivity contribution in [3.05, 3.63) is 12.2 Å². The van der Waals surface area contributed by atoms with E-state index in [4.69, 9.17) is 5.11 Å². The maximum atomic E-state index is 11.3. The van der Waals surface area contributed by atoms with E-state index in [0.717, 1.165) is 0 Å². The molecule has 0 radical (unpaired) electrons. The summed E-state index contributed by atoms with van der Waals surface area (Å²) in [5.41, 5.74) is 0. The zero-order chi connectivity index (χ0) is 11.4. The van der Waals surface area contributed by atoms with Gasteiger partial charge < -0.3 is 5.11 Å². The Morgan fingerprint density at radius 1 is 1.67 bits per heavy atom. The smallest absolute Gasteiger partial charge is 0.316 e. The van der Waals surface area contributed by atoms with Crippen LogP contribution < -0.4 is 0 Å². The molecule has 6 nitrogen and oxygen atoms in total. The van der Waals surface area contributed by atoms with Crippen LogP contribution in [-0.4, -0.2) is 35.8 Å². The van der Waals surface area contributed by atoms with Crippen molar-refractivity contribution in [3.8, 4) is 0 Å². The van der Waals surface area contributed by atoms with Crippen molar-refractivity contribution in [1.82, 2.24) is 14.8 Å². The Hall–Kier alpha value is -1.24. The summed E-state index contributed by atoms with van der Waals surface area (Å²) < 4.78 is 13.0. The number of hydrogen-bond acceptors (Lipinski definition) is 4. The third-order valence-corrected chi connectivity index (χ3v) is 2.86. The number of rotatable bonds is 5. The molecule has 1 atom stereocenters. The standard InChI is InChI=1S/C8H13N3O3S/c1-6(2)11-7(9-5-10-11)3-15(14)4-8(12)13/h5-6H,3-4H2,1-2H3,(H,12,13). The Kier molecular flexibility index (Phi) is 3.96. The molecule has 1 rings (SSSR count). The van der Waals surface area contributed by atoms with E-state index < -0.39 is 16.8 Å². The third kappa shape index (κ3) is 3.43. The maximum absolute atomic E-state index is 11.3. The fraction of sp³-hybridized carbons (Fsp3) is 0.625. The molecular weight excluding hydrogens is 218 g/mol. The van der Waals surface area contributed by atoms with Crippen LogP contribution in [0.3, 0.4) is 0 Å². The molecule has 7 heteroatoms. The van der Waals surface area contributed by atoms with Crippen molar-refractivity contribution in [2.75, 3.05) is 5.75 Å². The molecule has 0 spiro atoms. The Balaban J connectivity index is 2.68. The molecule has 0 fully saturated rings. The average Bonchev–Trinajstić information content (AvgIpc) is 2.50. The molecule has 0 aliphatic carbocycles. The van der Waals surface area contributed by atoms with Crippen molar-refractivity contribution in [2.45, 2.75) is 25.6 Å². The minimum absolute atomic E-state index is 0.129. The third-order valence-electron chi connectivity index (χ3n) is 1.71. The molecule has 1 unspecified atom stereocenters. The van der Waals surface area contributed by atoms with Crippen LogP contribution in [0, 0.1) is 0 Å². The van der Waals surface area contributed by atoms with Crippen LogP contribution in [0.15, 0.2) is 6.33 Å². The first-order valence-corrected chi connectivity index (χ1v) is 5.94. The first kappa shape index (κ1) is 11.8. The highest BCUT2D eigenvalue weighted by atomic mass is 32.2. The minimum atomic E-state index is -1.43. The Morgan fingerprint density at radius 2 is 2.33 bits per heavy atom. The van der Waals surface area contributed by atoms with E-state index in [-0.39, 0.29) is 17.5 Å². The fourth-order valence-corrected chi connectivity index (χ4v) is 2.01. The summed E-state index contributed by atoms with van der Waals surface area (Å²) in [4.78, 5) is 14.3. The zero-order valence-electron chi connectivity index (χ0n) is 8.58. The van der Waals surface area contributed by atoms with Crippen molar-refractivity contribution in [2.24, 2.45) is 0 Å². The van der Waals surface area contributed by atoms with Gasteiger partial charge in [-0.15, -0.1) is 0 Å². The van der Waals surface area contributed by atoms with Gasteiger partial charge in [-0.05, 0) is 13.8 Å². The number of aromatic nitrogens is 3. The monoisotopic (exact) mass is 231 g/mol. The van der Waals surface area contributed by atoms with Crippen LogP contribution in [0.2, 0.25) is 0 Å². The average molecular weight is 231 g/mol. The molecule has 15 heavy (non-hydrogen) atoms. The van der Waals surface area contributed by atoms with Gasteiger partial charge in [-0.3, -0.25) is 9.00 Å². The molecule has 0 saturated heterocycles. The molecule has 1 N–H and O–H groups in total. The molecular formula is C8H13N3O3S. The van der Waals surface area contributed by atoms with E-state index in [1.807, 2.05) is 13.8 Å². The van der Waals surface area contributed by atoms with Gasteiger partial charge >= 0.3 is 5.97 Å². The molecule has 1 aromatic rings. The van der Waals surface area contributed by atoms with Gasteiger partial charge in [-0.2, -0.15) is 5.10 Å². The van der Waals surface area contributed by atoms with E-state index in [9.17, 15) is 9.00 Å². The highest BCUT2D eigenvalue weighted by Gasteiger charge is 2.13. The fourth-order valence-electron chi connectivity index (χ4n) is 1.14. The first-order chi connectivity index (χ1) is 7.00. The summed E-state index contributed by atoms with van der Waals surface area (Å²) >= 11 is 0. The number of aliphatic carboxylic acids is 1. The number of carboxylic acid groups (broad SMARTS) is 1. The Labute approximate surface area is 89.8 Å². The van der Waals surface area contributed by atoms with Crippen molar-refractivity contribution >= 4 is 16.8 Å². The van der Waals surface area contributed by atoms with Crippen molar-refractivity contribution in [1.29, 1.82) is 0 Å². The van der Waals surface area contributed by atoms with Gasteiger partial charge in [-0.25, -0.2) is 9.67 Å². The van der Waals surface area contributed by atoms with E-state index >= 15 is 0 Å². The summed E-state index contributed by atoms with van der Waals surface area (Å²) in [5.74, 6) is -0.733. The molecule has 1 aromatic heterocycles. The Bertz CT molecular complexity index is 375. The van der Waals surface area contributed by atoms with E-state index in [1.54, 1.807) is 4.68 Å². The van der Waals surface area contributed by atoms with Gasteiger partial charge in [0.25, 0.3) is 0 Å². The van der Waals surface area contributed by atoms with Crippen molar-refractivity contribution in [3.63, 3.8) is 0 Å². The predicted molar refractivity (Wildman–Crippen MR) is 54.8 cm³/mol. The number of carbonyl (C=O) groups is 1. The molecule has 1 heterocycles. The van der Waals surface area contributed by atoms with Gasteiger partial charge in [0.2, 0.25) is 0 Å². The lowest BCUT2D eigenvalue weighted by molar-refractivity contribution is -0.133. The molecule has 0 saturated carbocycles. The second-order valence-corrected chi connectivity index (χ2v) is 4.79. The van der Waals surface area contributed by atoms with Crippen LogP contribution in [0.1, 0.15) is 25.7 Å². The largest absolute Gasteiger partial charge is 0.481 e. The molecule has 0 amide bonds. The summed E-state index contributed by atoms with van der Waals surface area (Å²) in [6.07, 6.45) is 1.38. The molecule has 0 aliphatic heterocycles. The maximum Gasteiger partial charge on any atom is 0.316 e. The summed E-state index contributed by atoms with van der Waals surface area (Å²) in [5, 5.41) is 12.4. The number of carboxylic acids is 1. The van der Waals surface area contributed by atoms with Gasteiger partial charge in [0, 0.05) is 16.8 Å². The molecule has 0 bridgehead atoms. The van der Waals surface area contributed by atoms with Crippen molar-refractivity contribution < 1.29 is 14.1 Å². The lowest BCUT2D eigenvalue weighted by atomic mass is 10.4. The number of hydrogen-bond donors (Lipinski definition) is 1. The second-order valence-electron chi connectivity index (χ2n) is 3.34. The van der Waals surface area contributed by atoms with Crippen LogP contribution in [0.25, 0.3) is 0 Å². The van der Waals surface area contributed by atoms with Crippen LogP contribution in [0.5, 0.6) is 0 Å². The van der Waals surface area contributed by atoms with Gasteiger partial charge in [0.1, 0.15) is 17.9 Å². The Morgan fingerprint density at radius 3 is 2.87 bits per heavy atom. The van der Waals surface area contributed by atoms with E-state index in [1.165, 1.54) is 6.33 Å². The SMILES string of the molecule is CC(C)n1ncnc1CS(=O)CC(=O)O. The highest BCUT2D eigenvalue weighted by molar-refractivity contribution is 7.84. The lowest BCUT2D eigenvalue weighted by Gasteiger charge is -2.08. The normalized spacial score (nSPS) is 13.0. The number of nitrogens with zero attached hydrogens (tertiary/aromatic N) is 3.